The van der Waals surface area contributed by atoms with E-state index in [1.807, 2.05) is 11.3 Å². The molecule has 0 aliphatic carbocycles. The van der Waals surface area contributed by atoms with Crippen LogP contribution in [-0.2, 0) is 0 Å². The highest BCUT2D eigenvalue weighted by atomic mass is 32.1. The normalized spacial score (nSPS) is 13.9. The zero-order chi connectivity index (χ0) is 43.0. The maximum atomic E-state index is 7.05. The molecule has 0 saturated heterocycles. The van der Waals surface area contributed by atoms with E-state index >= 15 is 0 Å². The summed E-state index contributed by atoms with van der Waals surface area (Å²) >= 11 is 1.88. The first kappa shape index (κ1) is 38.0. The van der Waals surface area contributed by atoms with Gasteiger partial charge in [-0.2, -0.15) is 0 Å². The van der Waals surface area contributed by atoms with Gasteiger partial charge < -0.3 is 9.64 Å². The number of ether oxygens (including phenoxy) is 1. The molecule has 0 N–H and O–H groups in total. The number of anilines is 3. The third kappa shape index (κ3) is 5.56. The first-order valence-corrected chi connectivity index (χ1v) is 27.1. The quantitative estimate of drug-likeness (QED) is 0.154. The summed E-state index contributed by atoms with van der Waals surface area (Å²) in [6, 6.07) is 92.9. The molecule has 0 unspecified atom stereocenters. The maximum absolute atomic E-state index is 7.05. The Hall–Kier alpha value is -7.55. The predicted molar refractivity (Wildman–Crippen MR) is 280 cm³/mol. The number of thiophene rings is 1. The topological polar surface area (TPSA) is 12.5 Å². The molecule has 0 bridgehead atoms. The van der Waals surface area contributed by atoms with Gasteiger partial charge in [-0.25, -0.2) is 0 Å². The lowest BCUT2D eigenvalue weighted by molar-refractivity contribution is 0.487. The molecule has 0 radical (unpaired) electrons. The van der Waals surface area contributed by atoms with Crippen LogP contribution in [0.2, 0.25) is 0 Å². The number of fused-ring (bicyclic) bond motifs is 11. The lowest BCUT2D eigenvalue weighted by Gasteiger charge is -2.50. The third-order valence-electron chi connectivity index (χ3n) is 13.9. The van der Waals surface area contributed by atoms with Crippen molar-refractivity contribution in [3.05, 3.63) is 249 Å². The van der Waals surface area contributed by atoms with E-state index in [0.717, 1.165) is 28.6 Å². The van der Waals surface area contributed by atoms with Gasteiger partial charge in [-0.1, -0.05) is 194 Å². The first-order chi connectivity index (χ1) is 32.2. The Morgan fingerprint density at radius 1 is 0.338 bits per heavy atom. The molecule has 5 heteroatoms. The summed E-state index contributed by atoms with van der Waals surface area (Å²) in [5.74, 6) is 1.87. The monoisotopic (exact) mass is 879 g/mol. The summed E-state index contributed by atoms with van der Waals surface area (Å²) < 4.78 is 9.70. The summed E-state index contributed by atoms with van der Waals surface area (Å²) in [6.45, 7) is 0. The fraction of sp³-hybridized carbons (Fsp3) is 0. The maximum Gasteiger partial charge on any atom is 0.188 e. The van der Waals surface area contributed by atoms with Gasteiger partial charge in [0.15, 0.2) is 16.1 Å². The standard InChI is InChI=1S/C60H41NOSSi2/c1-4-19-43(20-5-1)61(44-37-35-42(36-38-44)48-26-18-27-50-49-25-10-12-29-53(49)63-60(48)50)45-39-40-52-59(41-45)65(54-30-13-11-28-51(54)62-52)57-33-16-14-31-55(57)64(46-21-6-2-7-22-46,47-23-8-3-9-24-47)56-32-15-17-34-58(56)65/h1-41H. The molecule has 65 heavy (non-hydrogen) atoms. The second-order valence-corrected chi connectivity index (χ2v) is 25.5. The number of para-hydroxylation sites is 2. The minimum Gasteiger partial charge on any atom is -0.458 e. The predicted octanol–water partition coefficient (Wildman–Crippen LogP) is 10.4. The van der Waals surface area contributed by atoms with E-state index in [0.29, 0.717) is 0 Å². The van der Waals surface area contributed by atoms with Crippen LogP contribution >= 0.6 is 11.3 Å². The van der Waals surface area contributed by atoms with Crippen LogP contribution in [0.5, 0.6) is 11.5 Å². The lowest BCUT2D eigenvalue weighted by atomic mass is 10.0. The fourth-order valence-corrected chi connectivity index (χ4v) is 24.8. The van der Waals surface area contributed by atoms with E-state index in [1.165, 1.54) is 72.8 Å². The molecule has 0 amide bonds. The highest BCUT2D eigenvalue weighted by molar-refractivity contribution is 7.33. The fourth-order valence-electron chi connectivity index (χ4n) is 11.3. The summed E-state index contributed by atoms with van der Waals surface area (Å²) in [6.07, 6.45) is 0. The molecule has 11 aromatic rings. The number of nitrogens with zero attached hydrogens (tertiary/aromatic N) is 1. The zero-order valence-corrected chi connectivity index (χ0v) is 38.3. The van der Waals surface area contributed by atoms with Crippen molar-refractivity contribution in [1.29, 1.82) is 0 Å². The molecule has 1 aromatic heterocycles. The number of benzene rings is 10. The Labute approximate surface area is 385 Å². The first-order valence-electron chi connectivity index (χ1n) is 22.3. The Kier molecular flexibility index (Phi) is 8.78. The average Bonchev–Trinajstić information content (AvgIpc) is 3.77. The summed E-state index contributed by atoms with van der Waals surface area (Å²) in [5, 5.41) is 13.8. The van der Waals surface area contributed by atoms with Gasteiger partial charge in [0.1, 0.15) is 11.5 Å². The van der Waals surface area contributed by atoms with Crippen LogP contribution in [0.15, 0.2) is 249 Å². The van der Waals surface area contributed by atoms with E-state index in [1.54, 1.807) is 0 Å². The summed E-state index contributed by atoms with van der Waals surface area (Å²) in [5.41, 5.74) is 5.77. The molecular formula is C60H41NOSSi2. The molecule has 0 saturated carbocycles. The average molecular weight is 880 g/mol. The van der Waals surface area contributed by atoms with Crippen molar-refractivity contribution in [3.8, 4) is 22.6 Å². The molecule has 10 aromatic carbocycles. The molecule has 1 spiro atoms. The molecule has 0 atom stereocenters. The van der Waals surface area contributed by atoms with E-state index in [4.69, 9.17) is 4.74 Å². The minimum absolute atomic E-state index is 0.928. The summed E-state index contributed by atoms with van der Waals surface area (Å²) in [4.78, 5) is 2.42. The van der Waals surface area contributed by atoms with Crippen LogP contribution in [0.3, 0.4) is 0 Å². The van der Waals surface area contributed by atoms with Gasteiger partial charge in [0.05, 0.1) is 0 Å². The van der Waals surface area contributed by atoms with Gasteiger partial charge in [-0.15, -0.1) is 11.3 Å². The molecule has 3 heterocycles. The Morgan fingerprint density at radius 2 is 0.831 bits per heavy atom. The van der Waals surface area contributed by atoms with Crippen LogP contribution in [0.1, 0.15) is 0 Å². The van der Waals surface area contributed by atoms with Gasteiger partial charge >= 0.3 is 0 Å². The smallest absolute Gasteiger partial charge is 0.188 e. The zero-order valence-electron chi connectivity index (χ0n) is 35.4. The van der Waals surface area contributed by atoms with Crippen molar-refractivity contribution >= 4 is 106 Å². The lowest BCUT2D eigenvalue weighted by Crippen LogP contribution is -2.93. The van der Waals surface area contributed by atoms with Crippen LogP contribution < -0.4 is 51.1 Å². The molecule has 2 nitrogen and oxygen atoms in total. The third-order valence-corrected chi connectivity index (χ3v) is 25.4. The van der Waals surface area contributed by atoms with Gasteiger partial charge in [-0.05, 0) is 107 Å². The Balaban J connectivity index is 1.05. The van der Waals surface area contributed by atoms with Crippen molar-refractivity contribution in [3.63, 3.8) is 0 Å². The highest BCUT2D eigenvalue weighted by Gasteiger charge is 2.59. The molecule has 306 valence electrons. The van der Waals surface area contributed by atoms with Crippen LogP contribution in [0, 0.1) is 0 Å². The molecule has 0 fully saturated rings. The molecule has 2 aliphatic rings. The van der Waals surface area contributed by atoms with Crippen molar-refractivity contribution < 1.29 is 4.74 Å². The van der Waals surface area contributed by atoms with Crippen LogP contribution in [-0.4, -0.2) is 16.1 Å². The number of hydrogen-bond acceptors (Lipinski definition) is 3. The van der Waals surface area contributed by atoms with Crippen molar-refractivity contribution in [2.45, 2.75) is 0 Å². The SMILES string of the molecule is c1ccc(N(c2ccc(-c3cccc4c3sc3ccccc34)cc2)c2ccc3c(c2)[Si]2(c4ccccc4O3)c3ccccc3[Si](c3ccccc3)(c3ccccc3)c3ccccc32)cc1. The number of hydrogen-bond donors (Lipinski definition) is 0. The largest absolute Gasteiger partial charge is 0.458 e. The van der Waals surface area contributed by atoms with E-state index < -0.39 is 16.1 Å². The molecule has 13 rings (SSSR count). The number of rotatable bonds is 6. The van der Waals surface area contributed by atoms with Gasteiger partial charge in [0.2, 0.25) is 0 Å². The molecular weight excluding hydrogens is 839 g/mol. The molecule has 2 aliphatic heterocycles. The highest BCUT2D eigenvalue weighted by Crippen LogP contribution is 2.42. The summed E-state index contributed by atoms with van der Waals surface area (Å²) in [7, 11) is -5.94. The van der Waals surface area contributed by atoms with Crippen molar-refractivity contribution in [2.24, 2.45) is 0 Å². The second kappa shape index (κ2) is 15.0. The Morgan fingerprint density at radius 3 is 1.49 bits per heavy atom. The van der Waals surface area contributed by atoms with Crippen molar-refractivity contribution in [1.82, 2.24) is 0 Å². The van der Waals surface area contributed by atoms with Crippen molar-refractivity contribution in [2.75, 3.05) is 4.90 Å². The van der Waals surface area contributed by atoms with Crippen LogP contribution in [0.25, 0.3) is 31.3 Å². The van der Waals surface area contributed by atoms with Gasteiger partial charge in [0, 0.05) is 37.2 Å². The minimum atomic E-state index is -3.10. The van der Waals surface area contributed by atoms with Crippen LogP contribution in [0.4, 0.5) is 17.1 Å². The van der Waals surface area contributed by atoms with E-state index in [9.17, 15) is 0 Å². The van der Waals surface area contributed by atoms with E-state index in [-0.39, 0.29) is 0 Å². The van der Waals surface area contributed by atoms with Gasteiger partial charge in [0.25, 0.3) is 0 Å². The van der Waals surface area contributed by atoms with Gasteiger partial charge in [-0.3, -0.25) is 0 Å². The Bertz CT molecular complexity index is 3500. The second-order valence-electron chi connectivity index (χ2n) is 17.1. The van der Waals surface area contributed by atoms with E-state index in [2.05, 4.69) is 254 Å².